The average molecular weight is 339 g/mol. The fourth-order valence-corrected chi connectivity index (χ4v) is 4.05. The van der Waals surface area contributed by atoms with E-state index in [4.69, 9.17) is 4.52 Å². The number of rotatable bonds is 4. The highest BCUT2D eigenvalue weighted by Crippen LogP contribution is 2.29. The highest BCUT2D eigenvalue weighted by atomic mass is 32.1. The van der Waals surface area contributed by atoms with E-state index < -0.39 is 0 Å². The average Bonchev–Trinajstić information content (AvgIpc) is 3.27. The summed E-state index contributed by atoms with van der Waals surface area (Å²) in [4.78, 5) is 18.7. The third-order valence-corrected chi connectivity index (χ3v) is 5.36. The van der Waals surface area contributed by atoms with E-state index in [-0.39, 0.29) is 5.91 Å². The molecule has 3 heterocycles. The Kier molecular flexibility index (Phi) is 4.13. The summed E-state index contributed by atoms with van der Waals surface area (Å²) in [6.07, 6.45) is 6.35. The van der Waals surface area contributed by atoms with Crippen LogP contribution < -0.4 is 5.32 Å². The van der Waals surface area contributed by atoms with Gasteiger partial charge in [0.25, 0.3) is 5.91 Å². The predicted molar refractivity (Wildman–Crippen MR) is 91.9 cm³/mol. The summed E-state index contributed by atoms with van der Waals surface area (Å²) in [5.74, 6) is 0.559. The molecule has 3 aromatic rings. The minimum atomic E-state index is -0.0446. The van der Waals surface area contributed by atoms with Crippen LogP contribution in [-0.2, 0) is 19.4 Å². The first-order chi connectivity index (χ1) is 11.8. The molecule has 0 saturated heterocycles. The first-order valence-corrected chi connectivity index (χ1v) is 8.88. The molecule has 0 aromatic carbocycles. The molecule has 0 radical (unpaired) electrons. The van der Waals surface area contributed by atoms with Gasteiger partial charge < -0.3 is 9.84 Å². The largest absolute Gasteiger partial charge is 0.354 e. The van der Waals surface area contributed by atoms with Gasteiger partial charge in [0.2, 0.25) is 0 Å². The van der Waals surface area contributed by atoms with Gasteiger partial charge in [0.15, 0.2) is 5.76 Å². The van der Waals surface area contributed by atoms with Gasteiger partial charge in [-0.3, -0.25) is 9.78 Å². The van der Waals surface area contributed by atoms with Crippen molar-refractivity contribution in [1.29, 1.82) is 0 Å². The second-order valence-electron chi connectivity index (χ2n) is 5.85. The molecule has 1 aliphatic carbocycles. The Morgan fingerprint density at radius 3 is 3.00 bits per heavy atom. The van der Waals surface area contributed by atoms with E-state index in [9.17, 15) is 4.79 Å². The Morgan fingerprint density at radius 2 is 2.17 bits per heavy atom. The molecule has 1 amide bonds. The van der Waals surface area contributed by atoms with Gasteiger partial charge in [-0.1, -0.05) is 11.2 Å². The lowest BCUT2D eigenvalue weighted by Crippen LogP contribution is -2.21. The highest BCUT2D eigenvalue weighted by Gasteiger charge is 2.17. The second-order valence-corrected chi connectivity index (χ2v) is 6.98. The maximum absolute atomic E-state index is 12.3. The summed E-state index contributed by atoms with van der Waals surface area (Å²) < 4.78 is 5.29. The number of pyridine rings is 1. The number of thiophene rings is 1. The Morgan fingerprint density at radius 1 is 1.25 bits per heavy atom. The first-order valence-electron chi connectivity index (χ1n) is 8.06. The molecular formula is C18H17N3O2S. The van der Waals surface area contributed by atoms with Gasteiger partial charge >= 0.3 is 0 Å². The lowest BCUT2D eigenvalue weighted by atomic mass is 9.99. The van der Waals surface area contributed by atoms with Crippen LogP contribution >= 0.6 is 11.3 Å². The molecule has 0 unspecified atom stereocenters. The van der Waals surface area contributed by atoms with Crippen LogP contribution in [0.3, 0.4) is 0 Å². The number of nitrogens with zero attached hydrogens (tertiary/aromatic N) is 2. The molecule has 0 spiro atoms. The molecule has 0 fully saturated rings. The van der Waals surface area contributed by atoms with E-state index in [0.717, 1.165) is 23.4 Å². The first kappa shape index (κ1) is 15.1. The van der Waals surface area contributed by atoms with Gasteiger partial charge in [-0.05, 0) is 49.4 Å². The van der Waals surface area contributed by atoms with Crippen LogP contribution in [0.1, 0.15) is 38.6 Å². The quantitative estimate of drug-likeness (QED) is 0.788. The number of carbonyl (C=O) groups is 1. The lowest BCUT2D eigenvalue weighted by Gasteiger charge is -2.08. The molecule has 5 nitrogen and oxygen atoms in total. The van der Waals surface area contributed by atoms with E-state index in [1.54, 1.807) is 17.5 Å². The van der Waals surface area contributed by atoms with Crippen LogP contribution in [0.4, 0.5) is 0 Å². The number of amides is 1. The Labute approximate surface area is 143 Å². The van der Waals surface area contributed by atoms with E-state index in [0.29, 0.717) is 18.0 Å². The number of hydrogen-bond acceptors (Lipinski definition) is 5. The zero-order valence-electron chi connectivity index (χ0n) is 13.1. The summed E-state index contributed by atoms with van der Waals surface area (Å²) in [6, 6.07) is 9.45. The van der Waals surface area contributed by atoms with Gasteiger partial charge in [-0.25, -0.2) is 0 Å². The van der Waals surface area contributed by atoms with Gasteiger partial charge in [0.1, 0.15) is 11.4 Å². The molecule has 0 atom stereocenters. The van der Waals surface area contributed by atoms with Crippen molar-refractivity contribution in [3.63, 3.8) is 0 Å². The molecule has 1 N–H and O–H groups in total. The molecule has 1 aliphatic rings. The van der Waals surface area contributed by atoms with Crippen molar-refractivity contribution in [2.24, 2.45) is 0 Å². The minimum Gasteiger partial charge on any atom is -0.354 e. The Bertz CT molecular complexity index is 831. The summed E-state index contributed by atoms with van der Waals surface area (Å²) >= 11 is 1.61. The van der Waals surface area contributed by atoms with Crippen molar-refractivity contribution in [3.05, 3.63) is 57.5 Å². The molecule has 0 saturated carbocycles. The van der Waals surface area contributed by atoms with Crippen LogP contribution in [0.25, 0.3) is 11.5 Å². The zero-order chi connectivity index (χ0) is 16.4. The topological polar surface area (TPSA) is 68.0 Å². The number of hydrogen-bond donors (Lipinski definition) is 1. The lowest BCUT2D eigenvalue weighted by molar-refractivity contribution is 0.0954. The number of fused-ring (bicyclic) bond motifs is 1. The van der Waals surface area contributed by atoms with E-state index in [2.05, 4.69) is 15.5 Å². The number of aromatic nitrogens is 2. The molecule has 6 heteroatoms. The van der Waals surface area contributed by atoms with Crippen molar-refractivity contribution in [1.82, 2.24) is 15.5 Å². The molecule has 3 aromatic heterocycles. The third kappa shape index (κ3) is 3.10. The van der Waals surface area contributed by atoms with Crippen LogP contribution in [0.5, 0.6) is 0 Å². The van der Waals surface area contributed by atoms with E-state index in [1.165, 1.54) is 23.3 Å². The monoisotopic (exact) mass is 339 g/mol. The summed E-state index contributed by atoms with van der Waals surface area (Å²) in [6.45, 7) is 0.345. The number of carbonyl (C=O) groups excluding carboxylic acids is 1. The van der Waals surface area contributed by atoms with Crippen molar-refractivity contribution in [3.8, 4) is 11.5 Å². The van der Waals surface area contributed by atoms with Crippen molar-refractivity contribution in [2.75, 3.05) is 0 Å². The fraction of sp³-hybridized carbons (Fsp3) is 0.278. The van der Waals surface area contributed by atoms with Gasteiger partial charge in [0, 0.05) is 17.1 Å². The fourth-order valence-electron chi connectivity index (χ4n) is 2.88. The summed E-state index contributed by atoms with van der Waals surface area (Å²) in [5, 5.41) is 6.91. The number of nitrogens with one attached hydrogen (secondary N) is 1. The zero-order valence-corrected chi connectivity index (χ0v) is 13.9. The van der Waals surface area contributed by atoms with Crippen LogP contribution in [0.2, 0.25) is 0 Å². The predicted octanol–water partition coefficient (Wildman–Crippen LogP) is 3.61. The molecule has 122 valence electrons. The summed E-state index contributed by atoms with van der Waals surface area (Å²) in [7, 11) is 0. The van der Waals surface area contributed by atoms with Crippen LogP contribution in [0.15, 0.2) is 41.1 Å². The molecule has 0 bridgehead atoms. The third-order valence-electron chi connectivity index (χ3n) is 4.13. The maximum atomic E-state index is 12.3. The van der Waals surface area contributed by atoms with Gasteiger partial charge in [-0.15, -0.1) is 11.3 Å². The second kappa shape index (κ2) is 6.57. The Hall–Kier alpha value is -2.47. The van der Waals surface area contributed by atoms with Gasteiger partial charge in [-0.2, -0.15) is 0 Å². The number of aryl methyl sites for hydroxylation is 2. The normalized spacial score (nSPS) is 13.5. The van der Waals surface area contributed by atoms with E-state index >= 15 is 0 Å². The van der Waals surface area contributed by atoms with Gasteiger partial charge in [0.05, 0.1) is 11.4 Å². The molecule has 4 rings (SSSR count). The minimum absolute atomic E-state index is 0.0446. The summed E-state index contributed by atoms with van der Waals surface area (Å²) in [5.41, 5.74) is 2.76. The van der Waals surface area contributed by atoms with Crippen LogP contribution in [-0.4, -0.2) is 16.0 Å². The SMILES string of the molecule is O=C(NCc1cc(-c2ccccn2)on1)c1cc2c(s1)CCCC2. The maximum Gasteiger partial charge on any atom is 0.261 e. The molecule has 0 aliphatic heterocycles. The molecule has 24 heavy (non-hydrogen) atoms. The smallest absolute Gasteiger partial charge is 0.261 e. The van der Waals surface area contributed by atoms with E-state index in [1.807, 2.05) is 30.3 Å². The van der Waals surface area contributed by atoms with Crippen molar-refractivity contribution < 1.29 is 9.32 Å². The highest BCUT2D eigenvalue weighted by molar-refractivity contribution is 7.14. The standard InChI is InChI=1S/C18H17N3O2S/c22-18(17-9-12-5-1-2-7-16(12)24-17)20-11-13-10-15(23-21-13)14-6-3-4-8-19-14/h3-4,6,8-10H,1-2,5,7,11H2,(H,20,22). The van der Waals surface area contributed by atoms with Crippen molar-refractivity contribution in [2.45, 2.75) is 32.2 Å². The Balaban J connectivity index is 1.41. The van der Waals surface area contributed by atoms with Crippen molar-refractivity contribution >= 4 is 17.2 Å². The van der Waals surface area contributed by atoms with Crippen LogP contribution in [0, 0.1) is 0 Å². The molecular weight excluding hydrogens is 322 g/mol.